The van der Waals surface area contributed by atoms with Crippen molar-refractivity contribution >= 4 is 45.3 Å². The molecule has 1 aliphatic rings. The van der Waals surface area contributed by atoms with Gasteiger partial charge in [-0.3, -0.25) is 9.36 Å². The highest BCUT2D eigenvalue weighted by atomic mass is 79.9. The summed E-state index contributed by atoms with van der Waals surface area (Å²) in [4.78, 5) is 44.3. The van der Waals surface area contributed by atoms with Crippen LogP contribution in [0.4, 0.5) is 0 Å². The third-order valence-electron chi connectivity index (χ3n) is 7.13. The Morgan fingerprint density at radius 1 is 1.05 bits per heavy atom. The number of ether oxygens (including phenoxy) is 4. The summed E-state index contributed by atoms with van der Waals surface area (Å²) in [5, 5.41) is 0. The van der Waals surface area contributed by atoms with Crippen LogP contribution in [-0.2, 0) is 14.3 Å². The van der Waals surface area contributed by atoms with Crippen LogP contribution in [0.2, 0.25) is 0 Å². The minimum absolute atomic E-state index is 0.158. The number of esters is 2. The lowest BCUT2D eigenvalue weighted by Crippen LogP contribution is -2.40. The zero-order valence-electron chi connectivity index (χ0n) is 24.8. The van der Waals surface area contributed by atoms with Crippen molar-refractivity contribution in [1.82, 2.24) is 4.57 Å². The van der Waals surface area contributed by atoms with Gasteiger partial charge in [-0.05, 0) is 68.3 Å². The Morgan fingerprint density at radius 3 is 2.43 bits per heavy atom. The van der Waals surface area contributed by atoms with Gasteiger partial charge in [-0.25, -0.2) is 14.6 Å². The van der Waals surface area contributed by atoms with E-state index < -0.39 is 18.0 Å². The van der Waals surface area contributed by atoms with Gasteiger partial charge in [-0.1, -0.05) is 33.3 Å². The SMILES string of the molecule is CCOC(=O)C1=C(C)N=c2s/c(=C/c3ccc(-c4ccc(C(=O)OC)cc4C)o3)c(=O)n2[C@H]1c1cc(OC)c(OC)cc1Br. The highest BCUT2D eigenvalue weighted by molar-refractivity contribution is 9.10. The fourth-order valence-corrected chi connectivity index (χ4v) is 6.62. The van der Waals surface area contributed by atoms with Crippen LogP contribution in [0.15, 0.2) is 72.4 Å². The third kappa shape index (κ3) is 5.62. The van der Waals surface area contributed by atoms with Crippen LogP contribution in [0.25, 0.3) is 17.4 Å². The van der Waals surface area contributed by atoms with E-state index in [0.717, 1.165) is 11.1 Å². The number of thiazole rings is 1. The van der Waals surface area contributed by atoms with Gasteiger partial charge >= 0.3 is 11.9 Å². The summed E-state index contributed by atoms with van der Waals surface area (Å²) in [6, 6.07) is 11.4. The number of aryl methyl sites for hydroxylation is 1. The standard InChI is InChI=1S/C32H29BrN2O8S/c1-7-42-31(38)27-17(3)34-32-35(28(27)21-14-24(39-4)25(40-5)15-22(21)33)29(36)26(44-32)13-19-9-11-23(43-19)20-10-8-18(12-16(20)2)30(37)41-6/h8-15,28H,7H2,1-6H3/b26-13+/t28-/m0/s1. The van der Waals surface area contributed by atoms with Gasteiger partial charge in [0, 0.05) is 16.1 Å². The molecule has 2 aromatic heterocycles. The van der Waals surface area contributed by atoms with Gasteiger partial charge in [-0.2, -0.15) is 0 Å². The van der Waals surface area contributed by atoms with E-state index in [0.29, 0.717) is 53.6 Å². The molecule has 0 unspecified atom stereocenters. The first-order valence-corrected chi connectivity index (χ1v) is 15.1. The highest BCUT2D eigenvalue weighted by Gasteiger charge is 2.35. The maximum atomic E-state index is 14.0. The van der Waals surface area contributed by atoms with Gasteiger partial charge in [0.2, 0.25) is 0 Å². The van der Waals surface area contributed by atoms with E-state index in [2.05, 4.69) is 20.9 Å². The number of carbonyl (C=O) groups excluding carboxylic acids is 2. The number of carbonyl (C=O) groups is 2. The molecule has 1 atom stereocenters. The summed E-state index contributed by atoms with van der Waals surface area (Å²) in [5.41, 5.74) is 2.99. The van der Waals surface area contributed by atoms with Crippen LogP contribution in [0.1, 0.15) is 47.1 Å². The number of benzene rings is 2. The van der Waals surface area contributed by atoms with Crippen LogP contribution < -0.4 is 24.4 Å². The summed E-state index contributed by atoms with van der Waals surface area (Å²) in [7, 11) is 4.38. The molecule has 5 rings (SSSR count). The number of hydrogen-bond donors (Lipinski definition) is 0. The highest BCUT2D eigenvalue weighted by Crippen LogP contribution is 2.40. The van der Waals surface area contributed by atoms with E-state index in [4.69, 9.17) is 23.4 Å². The van der Waals surface area contributed by atoms with Gasteiger partial charge in [0.25, 0.3) is 5.56 Å². The molecule has 2 aromatic carbocycles. The lowest BCUT2D eigenvalue weighted by molar-refractivity contribution is -0.139. The first kappa shape index (κ1) is 31.0. The van der Waals surface area contributed by atoms with Gasteiger partial charge in [-0.15, -0.1) is 0 Å². The van der Waals surface area contributed by atoms with Gasteiger partial charge < -0.3 is 23.4 Å². The van der Waals surface area contributed by atoms with Crippen LogP contribution in [0.3, 0.4) is 0 Å². The average Bonchev–Trinajstić information content (AvgIpc) is 3.59. The fourth-order valence-electron chi connectivity index (χ4n) is 5.05. The number of methoxy groups -OCH3 is 3. The second kappa shape index (κ2) is 12.7. The molecule has 228 valence electrons. The minimum Gasteiger partial charge on any atom is -0.493 e. The maximum absolute atomic E-state index is 14.0. The summed E-state index contributed by atoms with van der Waals surface area (Å²) >= 11 is 4.79. The van der Waals surface area contributed by atoms with Gasteiger partial charge in [0.1, 0.15) is 11.5 Å². The normalized spacial score (nSPS) is 14.6. The third-order valence-corrected chi connectivity index (χ3v) is 8.80. The number of halogens is 1. The molecule has 0 spiro atoms. The van der Waals surface area contributed by atoms with Crippen LogP contribution in [0, 0.1) is 6.92 Å². The van der Waals surface area contributed by atoms with Crippen molar-refractivity contribution in [2.75, 3.05) is 27.9 Å². The predicted molar refractivity (Wildman–Crippen MR) is 168 cm³/mol. The lowest BCUT2D eigenvalue weighted by atomic mass is 9.95. The van der Waals surface area contributed by atoms with E-state index in [9.17, 15) is 14.4 Å². The number of allylic oxidation sites excluding steroid dienone is 1. The molecule has 0 aliphatic carbocycles. The number of furan rings is 1. The Hall–Kier alpha value is -4.42. The Labute approximate surface area is 265 Å². The molecule has 0 saturated heterocycles. The number of hydrogen-bond acceptors (Lipinski definition) is 10. The molecular formula is C32H29BrN2O8S. The molecule has 0 radical (unpaired) electrons. The first-order valence-electron chi connectivity index (χ1n) is 13.5. The molecule has 3 heterocycles. The first-order chi connectivity index (χ1) is 21.1. The van der Waals surface area contributed by atoms with Crippen LogP contribution in [-0.4, -0.2) is 44.4 Å². The van der Waals surface area contributed by atoms with Crippen molar-refractivity contribution in [2.45, 2.75) is 26.8 Å². The topological polar surface area (TPSA) is 119 Å². The van der Waals surface area contributed by atoms with Crippen molar-refractivity contribution < 1.29 is 33.0 Å². The van der Waals surface area contributed by atoms with E-state index >= 15 is 0 Å². The molecule has 1 aliphatic heterocycles. The summed E-state index contributed by atoms with van der Waals surface area (Å²) in [6.07, 6.45) is 1.65. The minimum atomic E-state index is -0.857. The summed E-state index contributed by atoms with van der Waals surface area (Å²) in [6.45, 7) is 5.47. The van der Waals surface area contributed by atoms with Crippen LogP contribution in [0.5, 0.6) is 11.5 Å². The number of nitrogens with zero attached hydrogens (tertiary/aromatic N) is 2. The zero-order valence-corrected chi connectivity index (χ0v) is 27.3. The van der Waals surface area contributed by atoms with Crippen molar-refractivity contribution in [3.05, 3.63) is 100 Å². The Balaban J connectivity index is 1.64. The molecule has 0 bridgehead atoms. The molecule has 0 amide bonds. The molecule has 12 heteroatoms. The Morgan fingerprint density at radius 2 is 1.77 bits per heavy atom. The predicted octanol–water partition coefficient (Wildman–Crippen LogP) is 4.93. The maximum Gasteiger partial charge on any atom is 0.338 e. The monoisotopic (exact) mass is 680 g/mol. The summed E-state index contributed by atoms with van der Waals surface area (Å²) < 4.78 is 29.7. The van der Waals surface area contributed by atoms with Gasteiger partial charge in [0.15, 0.2) is 16.3 Å². The van der Waals surface area contributed by atoms with Crippen molar-refractivity contribution in [3.8, 4) is 22.8 Å². The zero-order chi connectivity index (χ0) is 31.7. The van der Waals surface area contributed by atoms with E-state index in [1.54, 1.807) is 62.4 Å². The number of aromatic nitrogens is 1. The summed E-state index contributed by atoms with van der Waals surface area (Å²) in [5.74, 6) is 0.952. The average molecular weight is 682 g/mol. The van der Waals surface area contributed by atoms with E-state index in [-0.39, 0.29) is 17.7 Å². The van der Waals surface area contributed by atoms with Crippen molar-refractivity contribution in [2.24, 2.45) is 4.99 Å². The number of fused-ring (bicyclic) bond motifs is 1. The molecule has 0 saturated carbocycles. The lowest BCUT2D eigenvalue weighted by Gasteiger charge is -2.26. The van der Waals surface area contributed by atoms with Crippen molar-refractivity contribution in [3.63, 3.8) is 0 Å². The molecular weight excluding hydrogens is 652 g/mol. The second-order valence-electron chi connectivity index (χ2n) is 9.75. The van der Waals surface area contributed by atoms with E-state index in [1.165, 1.54) is 37.2 Å². The molecule has 4 aromatic rings. The van der Waals surface area contributed by atoms with Gasteiger partial charge in [0.05, 0.1) is 55.3 Å². The largest absolute Gasteiger partial charge is 0.493 e. The fraction of sp³-hybridized carbons (Fsp3) is 0.250. The Kier molecular flexibility index (Phi) is 8.93. The quantitative estimate of drug-likeness (QED) is 0.240. The second-order valence-corrected chi connectivity index (χ2v) is 11.6. The Bertz CT molecular complexity index is 2000. The molecule has 44 heavy (non-hydrogen) atoms. The number of rotatable bonds is 8. The molecule has 0 N–H and O–H groups in total. The molecule has 10 nitrogen and oxygen atoms in total. The van der Waals surface area contributed by atoms with Crippen molar-refractivity contribution in [1.29, 1.82) is 0 Å². The smallest absolute Gasteiger partial charge is 0.338 e. The molecule has 0 fully saturated rings. The van der Waals surface area contributed by atoms with E-state index in [1.807, 2.05) is 6.92 Å². The van der Waals surface area contributed by atoms with Crippen LogP contribution >= 0.6 is 27.3 Å².